The number of thioether (sulfide) groups is 1. The molecule has 6 heteroatoms. The second kappa shape index (κ2) is 6.76. The normalized spacial score (nSPS) is 11.0. The van der Waals surface area contributed by atoms with Crippen molar-refractivity contribution in [2.45, 2.75) is 25.5 Å². The number of carbonyl (C=O) groups excluding carboxylic acids is 1. The third-order valence-corrected chi connectivity index (χ3v) is 3.87. The molecule has 5 nitrogen and oxygen atoms in total. The maximum atomic E-state index is 12.6. The molecule has 1 heterocycles. The van der Waals surface area contributed by atoms with Gasteiger partial charge in [-0.2, -0.15) is 0 Å². The molecular weight excluding hydrogens is 288 g/mol. The van der Waals surface area contributed by atoms with Crippen molar-refractivity contribution in [3.05, 3.63) is 34.6 Å². The molecule has 0 aliphatic rings. The van der Waals surface area contributed by atoms with E-state index in [0.717, 1.165) is 0 Å². The fourth-order valence-corrected chi connectivity index (χ4v) is 2.81. The number of hydrogen-bond acceptors (Lipinski definition) is 5. The number of hydrogen-bond donors (Lipinski definition) is 0. The first-order chi connectivity index (χ1) is 10.0. The third kappa shape index (κ3) is 3.64. The first-order valence-corrected chi connectivity index (χ1v) is 7.70. The van der Waals surface area contributed by atoms with Gasteiger partial charge in [0.25, 0.3) is 5.56 Å². The van der Waals surface area contributed by atoms with E-state index in [1.807, 2.05) is 26.0 Å². The SMILES string of the molecule is COC(=O)CSc1nc2ccccc2c(=O)n1CC(C)C. The Bertz CT molecular complexity index is 710. The third-order valence-electron chi connectivity index (χ3n) is 2.92. The molecule has 0 aliphatic carbocycles. The average Bonchev–Trinajstić information content (AvgIpc) is 2.47. The van der Waals surface area contributed by atoms with Crippen molar-refractivity contribution in [1.82, 2.24) is 9.55 Å². The van der Waals surface area contributed by atoms with Crippen LogP contribution < -0.4 is 5.56 Å². The highest BCUT2D eigenvalue weighted by Crippen LogP contribution is 2.18. The van der Waals surface area contributed by atoms with Crippen LogP contribution in [0.4, 0.5) is 0 Å². The summed E-state index contributed by atoms with van der Waals surface area (Å²) >= 11 is 1.23. The molecular formula is C15H18N2O3S. The van der Waals surface area contributed by atoms with Crippen LogP contribution in [0.15, 0.2) is 34.2 Å². The van der Waals surface area contributed by atoms with E-state index < -0.39 is 0 Å². The molecule has 0 fully saturated rings. The van der Waals surface area contributed by atoms with Crippen molar-refractivity contribution in [2.24, 2.45) is 5.92 Å². The quantitative estimate of drug-likeness (QED) is 0.482. The zero-order chi connectivity index (χ0) is 15.4. The van der Waals surface area contributed by atoms with Crippen molar-refractivity contribution in [2.75, 3.05) is 12.9 Å². The topological polar surface area (TPSA) is 61.2 Å². The summed E-state index contributed by atoms with van der Waals surface area (Å²) in [6.45, 7) is 4.65. The van der Waals surface area contributed by atoms with Crippen molar-refractivity contribution in [3.63, 3.8) is 0 Å². The number of para-hydroxylation sites is 1. The Morgan fingerprint density at radius 2 is 2.10 bits per heavy atom. The molecule has 2 rings (SSSR count). The highest BCUT2D eigenvalue weighted by atomic mass is 32.2. The summed E-state index contributed by atoms with van der Waals surface area (Å²) in [6.07, 6.45) is 0. The van der Waals surface area contributed by atoms with Crippen LogP contribution in [0, 0.1) is 5.92 Å². The Balaban J connectivity index is 2.49. The number of nitrogens with zero attached hydrogens (tertiary/aromatic N) is 2. The van der Waals surface area contributed by atoms with Crippen LogP contribution in [-0.2, 0) is 16.1 Å². The van der Waals surface area contributed by atoms with Gasteiger partial charge in [-0.3, -0.25) is 14.2 Å². The maximum Gasteiger partial charge on any atom is 0.316 e. The van der Waals surface area contributed by atoms with Gasteiger partial charge in [-0.15, -0.1) is 0 Å². The van der Waals surface area contributed by atoms with Gasteiger partial charge in [0.15, 0.2) is 5.16 Å². The van der Waals surface area contributed by atoms with Gasteiger partial charge < -0.3 is 4.74 Å². The van der Waals surface area contributed by atoms with Gasteiger partial charge >= 0.3 is 5.97 Å². The molecule has 0 amide bonds. The predicted octanol–water partition coefficient (Wildman–Crippen LogP) is 2.32. The lowest BCUT2D eigenvalue weighted by atomic mass is 10.2. The van der Waals surface area contributed by atoms with Gasteiger partial charge in [0, 0.05) is 6.54 Å². The minimum absolute atomic E-state index is 0.0679. The van der Waals surface area contributed by atoms with Crippen molar-refractivity contribution >= 4 is 28.6 Å². The highest BCUT2D eigenvalue weighted by Gasteiger charge is 2.14. The van der Waals surface area contributed by atoms with Crippen LogP contribution in [0.25, 0.3) is 10.9 Å². The Hall–Kier alpha value is -1.82. The second-order valence-electron chi connectivity index (χ2n) is 5.09. The largest absolute Gasteiger partial charge is 0.468 e. The molecule has 0 atom stereocenters. The van der Waals surface area contributed by atoms with Gasteiger partial charge in [0.1, 0.15) is 0 Å². The number of rotatable bonds is 5. The van der Waals surface area contributed by atoms with Crippen LogP contribution >= 0.6 is 11.8 Å². The predicted molar refractivity (Wildman–Crippen MR) is 83.6 cm³/mol. The van der Waals surface area contributed by atoms with E-state index in [9.17, 15) is 9.59 Å². The zero-order valence-corrected chi connectivity index (χ0v) is 13.1. The lowest BCUT2D eigenvalue weighted by Gasteiger charge is -2.14. The number of fused-ring (bicyclic) bond motifs is 1. The van der Waals surface area contributed by atoms with Gasteiger partial charge in [-0.25, -0.2) is 4.98 Å². The first-order valence-electron chi connectivity index (χ1n) is 6.72. The first kappa shape index (κ1) is 15.6. The summed E-state index contributed by atoms with van der Waals surface area (Å²) in [4.78, 5) is 28.4. The number of esters is 1. The zero-order valence-electron chi connectivity index (χ0n) is 12.3. The minimum Gasteiger partial charge on any atom is -0.468 e. The molecule has 0 N–H and O–H groups in total. The number of aromatic nitrogens is 2. The molecule has 0 unspecified atom stereocenters. The summed E-state index contributed by atoms with van der Waals surface area (Å²) in [6, 6.07) is 7.25. The van der Waals surface area contributed by atoms with E-state index in [1.54, 1.807) is 16.7 Å². The van der Waals surface area contributed by atoms with E-state index in [4.69, 9.17) is 0 Å². The van der Waals surface area contributed by atoms with E-state index in [1.165, 1.54) is 18.9 Å². The fourth-order valence-electron chi connectivity index (χ4n) is 1.97. The molecule has 1 aromatic heterocycles. The number of ether oxygens (including phenoxy) is 1. The van der Waals surface area contributed by atoms with Crippen LogP contribution in [0.1, 0.15) is 13.8 Å². The molecule has 0 spiro atoms. The summed E-state index contributed by atoms with van der Waals surface area (Å²) < 4.78 is 6.28. The lowest BCUT2D eigenvalue weighted by molar-refractivity contribution is -0.137. The lowest BCUT2D eigenvalue weighted by Crippen LogP contribution is -2.25. The number of benzene rings is 1. The van der Waals surface area contributed by atoms with Gasteiger partial charge in [-0.1, -0.05) is 37.7 Å². The molecule has 0 aliphatic heterocycles. The van der Waals surface area contributed by atoms with E-state index in [0.29, 0.717) is 28.5 Å². The second-order valence-corrected chi connectivity index (χ2v) is 6.03. The molecule has 21 heavy (non-hydrogen) atoms. The van der Waals surface area contributed by atoms with Crippen molar-refractivity contribution in [1.29, 1.82) is 0 Å². The highest BCUT2D eigenvalue weighted by molar-refractivity contribution is 7.99. The summed E-state index contributed by atoms with van der Waals surface area (Å²) in [5.74, 6) is 0.112. The van der Waals surface area contributed by atoms with Crippen LogP contribution in [0.5, 0.6) is 0 Å². The van der Waals surface area contributed by atoms with Gasteiger partial charge in [-0.05, 0) is 18.1 Å². The molecule has 2 aromatic rings. The van der Waals surface area contributed by atoms with Crippen LogP contribution in [0.3, 0.4) is 0 Å². The fraction of sp³-hybridized carbons (Fsp3) is 0.400. The smallest absolute Gasteiger partial charge is 0.316 e. The average molecular weight is 306 g/mol. The Morgan fingerprint density at radius 3 is 2.76 bits per heavy atom. The van der Waals surface area contributed by atoms with Gasteiger partial charge in [0.2, 0.25) is 0 Å². The van der Waals surface area contributed by atoms with Gasteiger partial charge in [0.05, 0.1) is 23.8 Å². The van der Waals surface area contributed by atoms with Crippen molar-refractivity contribution in [3.8, 4) is 0 Å². The molecule has 1 aromatic carbocycles. The maximum absolute atomic E-state index is 12.6. The van der Waals surface area contributed by atoms with Crippen LogP contribution in [-0.4, -0.2) is 28.4 Å². The monoisotopic (exact) mass is 306 g/mol. The van der Waals surface area contributed by atoms with E-state index in [2.05, 4.69) is 9.72 Å². The van der Waals surface area contributed by atoms with E-state index >= 15 is 0 Å². The van der Waals surface area contributed by atoms with Crippen LogP contribution in [0.2, 0.25) is 0 Å². The van der Waals surface area contributed by atoms with E-state index in [-0.39, 0.29) is 17.3 Å². The molecule has 0 saturated heterocycles. The van der Waals surface area contributed by atoms with Crippen molar-refractivity contribution < 1.29 is 9.53 Å². The minimum atomic E-state index is -0.335. The molecule has 0 radical (unpaired) electrons. The number of carbonyl (C=O) groups is 1. The summed E-state index contributed by atoms with van der Waals surface area (Å²) in [5, 5.41) is 1.15. The summed E-state index contributed by atoms with van der Waals surface area (Å²) in [5.41, 5.74) is 0.580. The Kier molecular flexibility index (Phi) is 5.01. The number of methoxy groups -OCH3 is 1. The standard InChI is InChI=1S/C15H18N2O3S/c1-10(2)8-17-14(19)11-6-4-5-7-12(11)16-15(17)21-9-13(18)20-3/h4-7,10H,8-9H2,1-3H3. The molecule has 112 valence electrons. The molecule has 0 saturated carbocycles. The Morgan fingerprint density at radius 1 is 1.38 bits per heavy atom. The Labute approximate surface area is 127 Å². The summed E-state index contributed by atoms with van der Waals surface area (Å²) in [7, 11) is 1.35. The molecule has 0 bridgehead atoms.